The lowest BCUT2D eigenvalue weighted by Crippen LogP contribution is -2.12. The highest BCUT2D eigenvalue weighted by Gasteiger charge is 2.07. The lowest BCUT2D eigenvalue weighted by atomic mass is 10.2. The van der Waals surface area contributed by atoms with Crippen molar-refractivity contribution >= 4 is 34.2 Å². The number of anilines is 1. The molecule has 0 bridgehead atoms. The van der Waals surface area contributed by atoms with Crippen LogP contribution in [0.1, 0.15) is 10.4 Å². The van der Waals surface area contributed by atoms with Crippen molar-refractivity contribution in [2.45, 2.75) is 0 Å². The molecule has 2 rings (SSSR count). The Hall–Kier alpha value is -1.50. The highest BCUT2D eigenvalue weighted by Crippen LogP contribution is 2.13. The third-order valence-electron chi connectivity index (χ3n) is 2.05. The molecule has 3 nitrogen and oxygen atoms in total. The third-order valence-corrected chi connectivity index (χ3v) is 2.72. The van der Waals surface area contributed by atoms with Crippen LogP contribution in [0.4, 0.5) is 10.1 Å². The summed E-state index contributed by atoms with van der Waals surface area (Å²) in [5.74, 6) is -0.903. The van der Waals surface area contributed by atoms with Gasteiger partial charge >= 0.3 is 0 Å². The summed E-state index contributed by atoms with van der Waals surface area (Å²) in [6.07, 6.45) is 2.38. The summed E-state index contributed by atoms with van der Waals surface area (Å²) < 4.78 is 13.9. The average molecular weight is 342 g/mol. The average Bonchev–Trinajstić information content (AvgIpc) is 2.29. The molecular weight excluding hydrogens is 334 g/mol. The molecule has 0 radical (unpaired) electrons. The topological polar surface area (TPSA) is 42.0 Å². The maximum absolute atomic E-state index is 12.9. The highest BCUT2D eigenvalue weighted by molar-refractivity contribution is 14.1. The third kappa shape index (κ3) is 3.23. The minimum Gasteiger partial charge on any atom is -0.322 e. The predicted molar refractivity (Wildman–Crippen MR) is 71.3 cm³/mol. The first-order chi connectivity index (χ1) is 8.15. The van der Waals surface area contributed by atoms with Gasteiger partial charge in [0.25, 0.3) is 5.91 Å². The van der Waals surface area contributed by atoms with Crippen LogP contribution in [-0.2, 0) is 0 Å². The number of halogens is 2. The fourth-order valence-electron chi connectivity index (χ4n) is 1.31. The number of hydrogen-bond acceptors (Lipinski definition) is 2. The van der Waals surface area contributed by atoms with Crippen LogP contribution in [-0.4, -0.2) is 10.9 Å². The summed E-state index contributed by atoms with van der Waals surface area (Å²) in [6.45, 7) is 0. The Morgan fingerprint density at radius 1 is 1.29 bits per heavy atom. The number of benzene rings is 1. The molecule has 5 heteroatoms. The normalized spacial score (nSPS) is 10.0. The van der Waals surface area contributed by atoms with Crippen LogP contribution < -0.4 is 5.32 Å². The minimum atomic E-state index is -0.528. The van der Waals surface area contributed by atoms with Crippen molar-refractivity contribution < 1.29 is 9.18 Å². The van der Waals surface area contributed by atoms with Gasteiger partial charge in [0, 0.05) is 15.5 Å². The molecule has 0 atom stereocenters. The number of carbonyl (C=O) groups excluding carboxylic acids is 1. The van der Waals surface area contributed by atoms with E-state index in [1.54, 1.807) is 6.07 Å². The van der Waals surface area contributed by atoms with E-state index in [1.165, 1.54) is 6.20 Å². The molecule has 1 aromatic heterocycles. The molecule has 0 fully saturated rings. The van der Waals surface area contributed by atoms with Crippen molar-refractivity contribution in [2.24, 2.45) is 0 Å². The summed E-state index contributed by atoms with van der Waals surface area (Å²) in [7, 11) is 0. The predicted octanol–water partition coefficient (Wildman–Crippen LogP) is 3.08. The second-order valence-electron chi connectivity index (χ2n) is 3.36. The van der Waals surface area contributed by atoms with Gasteiger partial charge in [-0.2, -0.15) is 0 Å². The lowest BCUT2D eigenvalue weighted by molar-refractivity contribution is 0.102. The van der Waals surface area contributed by atoms with Crippen LogP contribution in [0.5, 0.6) is 0 Å². The molecule has 0 saturated carbocycles. The molecular formula is C12H8FIN2O. The van der Waals surface area contributed by atoms with Gasteiger partial charge in [-0.25, -0.2) is 4.39 Å². The Bertz CT molecular complexity index is 560. The van der Waals surface area contributed by atoms with Gasteiger partial charge < -0.3 is 5.32 Å². The molecule has 1 aromatic carbocycles. The van der Waals surface area contributed by atoms with E-state index in [9.17, 15) is 9.18 Å². The Labute approximate surface area is 111 Å². The zero-order valence-corrected chi connectivity index (χ0v) is 10.8. The van der Waals surface area contributed by atoms with Crippen molar-refractivity contribution in [1.82, 2.24) is 4.98 Å². The quantitative estimate of drug-likeness (QED) is 0.853. The molecule has 86 valence electrons. The number of carbonyl (C=O) groups is 1. The molecule has 1 heterocycles. The zero-order chi connectivity index (χ0) is 12.3. The molecule has 0 aliphatic heterocycles. The first-order valence-electron chi connectivity index (χ1n) is 4.82. The number of nitrogens with one attached hydrogen (secondary N) is 1. The number of amides is 1. The molecule has 17 heavy (non-hydrogen) atoms. The fourth-order valence-corrected chi connectivity index (χ4v) is 1.85. The molecule has 0 unspecified atom stereocenters. The van der Waals surface area contributed by atoms with Crippen LogP contribution in [0.15, 0.2) is 42.7 Å². The Kier molecular flexibility index (Phi) is 3.68. The molecule has 0 saturated heterocycles. The largest absolute Gasteiger partial charge is 0.322 e. The van der Waals surface area contributed by atoms with Crippen LogP contribution in [0.2, 0.25) is 0 Å². The van der Waals surface area contributed by atoms with E-state index in [2.05, 4.69) is 32.9 Å². The van der Waals surface area contributed by atoms with Gasteiger partial charge in [-0.05, 0) is 46.9 Å². The Morgan fingerprint density at radius 2 is 2.12 bits per heavy atom. The van der Waals surface area contributed by atoms with Gasteiger partial charge in [0.05, 0.1) is 11.8 Å². The lowest BCUT2D eigenvalue weighted by Gasteiger charge is -2.05. The molecule has 0 aliphatic carbocycles. The van der Waals surface area contributed by atoms with Crippen molar-refractivity contribution in [3.8, 4) is 0 Å². The van der Waals surface area contributed by atoms with E-state index in [1.807, 2.05) is 18.2 Å². The zero-order valence-electron chi connectivity index (χ0n) is 8.65. The Balaban J connectivity index is 2.17. The first-order valence-corrected chi connectivity index (χ1v) is 5.90. The van der Waals surface area contributed by atoms with Crippen molar-refractivity contribution in [2.75, 3.05) is 5.32 Å². The summed E-state index contributed by atoms with van der Waals surface area (Å²) in [5, 5.41) is 2.68. The van der Waals surface area contributed by atoms with Crippen molar-refractivity contribution in [3.05, 3.63) is 57.7 Å². The molecule has 1 N–H and O–H groups in total. The van der Waals surface area contributed by atoms with E-state index in [-0.39, 0.29) is 11.5 Å². The van der Waals surface area contributed by atoms with Gasteiger partial charge in [0.15, 0.2) is 0 Å². The fraction of sp³-hybridized carbons (Fsp3) is 0. The summed E-state index contributed by atoms with van der Waals surface area (Å²) in [6, 6.07) is 8.50. The number of nitrogens with zero attached hydrogens (tertiary/aromatic N) is 1. The van der Waals surface area contributed by atoms with Gasteiger partial charge in [0.1, 0.15) is 5.82 Å². The van der Waals surface area contributed by atoms with Crippen LogP contribution in [0, 0.1) is 9.39 Å². The number of rotatable bonds is 2. The minimum absolute atomic E-state index is 0.198. The second kappa shape index (κ2) is 5.22. The monoisotopic (exact) mass is 342 g/mol. The van der Waals surface area contributed by atoms with E-state index < -0.39 is 5.82 Å². The number of aromatic nitrogens is 1. The summed E-state index contributed by atoms with van der Waals surface area (Å²) in [5.41, 5.74) is 0.870. The standard InChI is InChI=1S/C12H8FIN2O/c13-9-4-8(6-15-7-9)12(17)16-11-3-1-2-10(14)5-11/h1-7H,(H,16,17). The molecule has 0 spiro atoms. The molecule has 0 aliphatic rings. The van der Waals surface area contributed by atoms with Gasteiger partial charge in [-0.3, -0.25) is 9.78 Å². The van der Waals surface area contributed by atoms with Crippen molar-refractivity contribution in [1.29, 1.82) is 0 Å². The first kappa shape index (κ1) is 12.0. The summed E-state index contributed by atoms with van der Waals surface area (Å²) in [4.78, 5) is 15.4. The maximum Gasteiger partial charge on any atom is 0.257 e. The molecule has 1 amide bonds. The number of hydrogen-bond donors (Lipinski definition) is 1. The number of pyridine rings is 1. The second-order valence-corrected chi connectivity index (χ2v) is 4.60. The summed E-state index contributed by atoms with van der Waals surface area (Å²) >= 11 is 2.15. The smallest absolute Gasteiger partial charge is 0.257 e. The highest BCUT2D eigenvalue weighted by atomic mass is 127. The maximum atomic E-state index is 12.9. The van der Waals surface area contributed by atoms with E-state index in [0.29, 0.717) is 5.69 Å². The molecule has 2 aromatic rings. The van der Waals surface area contributed by atoms with E-state index in [0.717, 1.165) is 15.8 Å². The van der Waals surface area contributed by atoms with Gasteiger partial charge in [0.2, 0.25) is 0 Å². The van der Waals surface area contributed by atoms with E-state index in [4.69, 9.17) is 0 Å². The SMILES string of the molecule is O=C(Nc1cccc(I)c1)c1cncc(F)c1. The van der Waals surface area contributed by atoms with Gasteiger partial charge in [-0.15, -0.1) is 0 Å². The van der Waals surface area contributed by atoms with Crippen LogP contribution in [0.3, 0.4) is 0 Å². The Morgan fingerprint density at radius 3 is 2.82 bits per heavy atom. The van der Waals surface area contributed by atoms with Crippen molar-refractivity contribution in [3.63, 3.8) is 0 Å². The van der Waals surface area contributed by atoms with Gasteiger partial charge in [-0.1, -0.05) is 6.07 Å². The van der Waals surface area contributed by atoms with Crippen LogP contribution in [0.25, 0.3) is 0 Å². The van der Waals surface area contributed by atoms with E-state index >= 15 is 0 Å². The van der Waals surface area contributed by atoms with Crippen LogP contribution >= 0.6 is 22.6 Å².